The third-order valence-corrected chi connectivity index (χ3v) is 4.58. The number of halogens is 1. The second-order valence-corrected chi connectivity index (χ2v) is 5.62. The van der Waals surface area contributed by atoms with Crippen LogP contribution in [0, 0.1) is 16.0 Å². The van der Waals surface area contributed by atoms with Crippen LogP contribution >= 0.6 is 11.6 Å². The van der Waals surface area contributed by atoms with Gasteiger partial charge in [0.2, 0.25) is 0 Å². The predicted molar refractivity (Wildman–Crippen MR) is 75.0 cm³/mol. The van der Waals surface area contributed by atoms with Crippen molar-refractivity contribution in [2.24, 2.45) is 5.92 Å². The van der Waals surface area contributed by atoms with E-state index in [4.69, 9.17) is 11.6 Å². The Balaban J connectivity index is 1.92. The number of piperidine rings is 3. The highest BCUT2D eigenvalue weighted by atomic mass is 35.5. The summed E-state index contributed by atoms with van der Waals surface area (Å²) < 4.78 is 0. The molecule has 19 heavy (non-hydrogen) atoms. The van der Waals surface area contributed by atoms with E-state index in [9.17, 15) is 10.1 Å². The van der Waals surface area contributed by atoms with Crippen molar-refractivity contribution in [1.29, 1.82) is 0 Å². The number of nitro benzene ring substituents is 1. The lowest BCUT2D eigenvalue weighted by atomic mass is 9.85. The normalized spacial score (nSPS) is 27.8. The first-order chi connectivity index (χ1) is 9.15. The van der Waals surface area contributed by atoms with Crippen LogP contribution in [0.4, 0.5) is 5.69 Å². The lowest BCUT2D eigenvalue weighted by molar-refractivity contribution is -0.384. The van der Waals surface area contributed by atoms with Crippen LogP contribution in [0.1, 0.15) is 18.4 Å². The van der Waals surface area contributed by atoms with Crippen molar-refractivity contribution in [2.75, 3.05) is 13.1 Å². The fourth-order valence-corrected chi connectivity index (χ4v) is 3.39. The minimum Gasteiger partial charge on any atom is -0.374 e. The summed E-state index contributed by atoms with van der Waals surface area (Å²) in [6.45, 7) is 2.10. The van der Waals surface area contributed by atoms with Gasteiger partial charge in [0, 0.05) is 30.9 Å². The van der Waals surface area contributed by atoms with Crippen LogP contribution in [0.25, 0.3) is 6.08 Å². The minimum absolute atomic E-state index is 0.0433. The molecule has 2 bridgehead atoms. The van der Waals surface area contributed by atoms with E-state index in [2.05, 4.69) is 4.90 Å². The number of non-ortho nitro benzene ring substituents is 1. The van der Waals surface area contributed by atoms with Gasteiger partial charge in [0.25, 0.3) is 5.69 Å². The van der Waals surface area contributed by atoms with Crippen LogP contribution in [-0.2, 0) is 0 Å². The number of benzene rings is 1. The molecule has 3 fully saturated rings. The fourth-order valence-electron chi connectivity index (χ4n) is 2.94. The summed E-state index contributed by atoms with van der Waals surface area (Å²) in [6, 6.07) is 6.70. The summed E-state index contributed by atoms with van der Waals surface area (Å²) in [5.41, 5.74) is 2.09. The number of rotatable bonds is 2. The summed E-state index contributed by atoms with van der Waals surface area (Å²) in [5, 5.41) is 10.8. The van der Waals surface area contributed by atoms with Crippen molar-refractivity contribution in [3.8, 4) is 0 Å². The number of allylic oxidation sites excluding steroid dienone is 1. The topological polar surface area (TPSA) is 46.4 Å². The van der Waals surface area contributed by atoms with Gasteiger partial charge in [-0.05, 0) is 30.4 Å². The molecule has 0 aromatic heterocycles. The molecular weight excluding hydrogens is 264 g/mol. The number of hydrogen-bond donors (Lipinski definition) is 0. The van der Waals surface area contributed by atoms with Crippen molar-refractivity contribution in [2.45, 2.75) is 18.2 Å². The van der Waals surface area contributed by atoms with Gasteiger partial charge in [-0.25, -0.2) is 0 Å². The van der Waals surface area contributed by atoms with Crippen molar-refractivity contribution < 1.29 is 4.92 Å². The van der Waals surface area contributed by atoms with E-state index in [1.807, 2.05) is 12.1 Å². The molecule has 1 atom stereocenters. The zero-order valence-corrected chi connectivity index (χ0v) is 11.2. The molecule has 3 aliphatic rings. The Morgan fingerprint density at radius 2 is 2.11 bits per heavy atom. The summed E-state index contributed by atoms with van der Waals surface area (Å²) >= 11 is 6.49. The van der Waals surface area contributed by atoms with Crippen LogP contribution < -0.4 is 0 Å². The second kappa shape index (κ2) is 4.85. The van der Waals surface area contributed by atoms with Gasteiger partial charge in [0.05, 0.1) is 10.3 Å². The Labute approximate surface area is 116 Å². The van der Waals surface area contributed by atoms with Gasteiger partial charge in [-0.2, -0.15) is 0 Å². The van der Waals surface area contributed by atoms with Gasteiger partial charge in [-0.1, -0.05) is 12.1 Å². The molecule has 4 nitrogen and oxygen atoms in total. The van der Waals surface area contributed by atoms with Crippen LogP contribution in [0.3, 0.4) is 0 Å². The molecule has 5 heteroatoms. The summed E-state index contributed by atoms with van der Waals surface area (Å²) in [5.74, 6) is 0.552. The lowest BCUT2D eigenvalue weighted by Crippen LogP contribution is -2.46. The summed E-state index contributed by atoms with van der Waals surface area (Å²) in [7, 11) is 0. The highest BCUT2D eigenvalue weighted by molar-refractivity contribution is 6.23. The van der Waals surface area contributed by atoms with Gasteiger partial charge in [0.1, 0.15) is 0 Å². The molecule has 1 aromatic carbocycles. The molecule has 1 unspecified atom stereocenters. The Hall–Kier alpha value is -1.55. The van der Waals surface area contributed by atoms with Gasteiger partial charge < -0.3 is 4.90 Å². The van der Waals surface area contributed by atoms with Gasteiger partial charge in [0.15, 0.2) is 0 Å². The highest BCUT2D eigenvalue weighted by Gasteiger charge is 2.36. The molecular formula is C14H15ClN2O2. The molecule has 3 heterocycles. The Bertz CT molecular complexity index is 532. The Kier molecular flexibility index (Phi) is 3.19. The molecule has 100 valence electrons. The first kappa shape index (κ1) is 12.5. The monoisotopic (exact) mass is 278 g/mol. The zero-order valence-electron chi connectivity index (χ0n) is 10.5. The van der Waals surface area contributed by atoms with Gasteiger partial charge in [-0.3, -0.25) is 10.1 Å². The minimum atomic E-state index is -0.368. The first-order valence-electron chi connectivity index (χ1n) is 6.50. The maximum absolute atomic E-state index is 10.8. The standard InChI is InChI=1S/C14H15ClN2O2/c15-14-11-4-6-16(7-5-11)13(14)9-10-2-1-3-12(8-10)17(18)19/h1-3,8-9,11,14H,4-7H2/b13-9-. The van der Waals surface area contributed by atoms with Crippen molar-refractivity contribution in [3.05, 3.63) is 45.6 Å². The van der Waals surface area contributed by atoms with Crippen molar-refractivity contribution in [1.82, 2.24) is 4.90 Å². The molecule has 3 saturated heterocycles. The molecule has 0 N–H and O–H groups in total. The third kappa shape index (κ3) is 2.32. The molecule has 0 spiro atoms. The Morgan fingerprint density at radius 1 is 1.37 bits per heavy atom. The van der Waals surface area contributed by atoms with E-state index in [-0.39, 0.29) is 16.0 Å². The largest absolute Gasteiger partial charge is 0.374 e. The van der Waals surface area contributed by atoms with Crippen LogP contribution in [0.5, 0.6) is 0 Å². The smallest absolute Gasteiger partial charge is 0.270 e. The van der Waals surface area contributed by atoms with Crippen molar-refractivity contribution >= 4 is 23.4 Å². The highest BCUT2D eigenvalue weighted by Crippen LogP contribution is 2.39. The molecule has 0 aliphatic carbocycles. The van der Waals surface area contributed by atoms with E-state index in [0.717, 1.165) is 37.2 Å². The molecule has 4 rings (SSSR count). The number of hydrogen-bond acceptors (Lipinski definition) is 3. The van der Waals surface area contributed by atoms with E-state index in [0.29, 0.717) is 5.92 Å². The van der Waals surface area contributed by atoms with E-state index in [1.54, 1.807) is 12.1 Å². The van der Waals surface area contributed by atoms with E-state index in [1.165, 1.54) is 6.07 Å². The third-order valence-electron chi connectivity index (χ3n) is 4.00. The van der Waals surface area contributed by atoms with E-state index >= 15 is 0 Å². The zero-order chi connectivity index (χ0) is 13.4. The summed E-state index contributed by atoms with van der Waals surface area (Å²) in [6.07, 6.45) is 4.30. The number of fused-ring (bicyclic) bond motifs is 3. The average molecular weight is 279 g/mol. The maximum atomic E-state index is 10.8. The van der Waals surface area contributed by atoms with Crippen LogP contribution in [-0.4, -0.2) is 28.3 Å². The van der Waals surface area contributed by atoms with Crippen molar-refractivity contribution in [3.63, 3.8) is 0 Å². The predicted octanol–water partition coefficient (Wildman–Crippen LogP) is 3.27. The number of nitrogens with zero attached hydrogens (tertiary/aromatic N) is 2. The summed E-state index contributed by atoms with van der Waals surface area (Å²) in [4.78, 5) is 12.7. The molecule has 1 aromatic rings. The molecule has 0 amide bonds. The number of nitro groups is 1. The Morgan fingerprint density at radius 3 is 2.74 bits per heavy atom. The van der Waals surface area contributed by atoms with Gasteiger partial charge in [-0.15, -0.1) is 11.6 Å². The maximum Gasteiger partial charge on any atom is 0.270 e. The van der Waals surface area contributed by atoms with Gasteiger partial charge >= 0.3 is 0 Å². The lowest BCUT2D eigenvalue weighted by Gasteiger charge is -2.45. The average Bonchev–Trinajstić information content (AvgIpc) is 2.43. The van der Waals surface area contributed by atoms with Crippen LogP contribution in [0.2, 0.25) is 0 Å². The first-order valence-corrected chi connectivity index (χ1v) is 6.94. The molecule has 3 aliphatic heterocycles. The van der Waals surface area contributed by atoms with E-state index < -0.39 is 0 Å². The quantitative estimate of drug-likeness (QED) is 0.474. The van der Waals surface area contributed by atoms with Crippen LogP contribution in [0.15, 0.2) is 30.0 Å². The molecule has 0 radical (unpaired) electrons. The number of alkyl halides is 1. The fraction of sp³-hybridized carbons (Fsp3) is 0.429. The SMILES string of the molecule is O=[N+]([O-])c1cccc(/C=C2/C(Cl)C3CCN2CC3)c1. The molecule has 0 saturated carbocycles. The second-order valence-electron chi connectivity index (χ2n) is 5.15.